The number of carbonyl (C=O) groups is 2. The number of anilines is 2. The lowest BCUT2D eigenvalue weighted by Gasteiger charge is -2.32. The number of morpholine rings is 1. The number of piperidine rings is 1. The standard InChI is InChI=1S/C22H26N4O3/c27-21(24-19-6-2-1-3-7-19)18-5-4-10-26(16-18)22(28)17-8-9-20(23-15-17)25-11-13-29-14-12-25/h1-3,6-9,15,18H,4-5,10-14,16H2,(H,24,27). The van der Waals surface area contributed by atoms with Crippen LogP contribution in [0.3, 0.4) is 0 Å². The Labute approximate surface area is 170 Å². The summed E-state index contributed by atoms with van der Waals surface area (Å²) in [5.41, 5.74) is 1.34. The monoisotopic (exact) mass is 394 g/mol. The molecule has 2 aliphatic heterocycles. The van der Waals surface area contributed by atoms with Crippen molar-refractivity contribution in [3.05, 3.63) is 54.2 Å². The summed E-state index contributed by atoms with van der Waals surface area (Å²) in [5.74, 6) is 0.565. The van der Waals surface area contributed by atoms with Crippen LogP contribution in [-0.4, -0.2) is 61.1 Å². The third kappa shape index (κ3) is 4.74. The molecule has 0 spiro atoms. The quantitative estimate of drug-likeness (QED) is 0.862. The Morgan fingerprint density at radius 3 is 2.55 bits per heavy atom. The zero-order chi connectivity index (χ0) is 20.1. The van der Waals surface area contributed by atoms with E-state index >= 15 is 0 Å². The van der Waals surface area contributed by atoms with E-state index in [4.69, 9.17) is 4.74 Å². The summed E-state index contributed by atoms with van der Waals surface area (Å²) in [6, 6.07) is 13.1. The normalized spacial score (nSPS) is 19.7. The molecule has 3 heterocycles. The van der Waals surface area contributed by atoms with Crippen LogP contribution in [0.5, 0.6) is 0 Å². The van der Waals surface area contributed by atoms with Crippen molar-refractivity contribution in [2.45, 2.75) is 12.8 Å². The van der Waals surface area contributed by atoms with Crippen molar-refractivity contribution in [1.82, 2.24) is 9.88 Å². The number of nitrogens with zero attached hydrogens (tertiary/aromatic N) is 3. The zero-order valence-corrected chi connectivity index (χ0v) is 16.4. The minimum absolute atomic E-state index is 0.0329. The molecule has 2 aromatic rings. The Bertz CT molecular complexity index is 835. The minimum Gasteiger partial charge on any atom is -0.378 e. The molecule has 0 aliphatic carbocycles. The summed E-state index contributed by atoms with van der Waals surface area (Å²) in [5, 5.41) is 2.95. The number of aromatic nitrogens is 1. The first-order valence-corrected chi connectivity index (χ1v) is 10.1. The van der Waals surface area contributed by atoms with Crippen molar-refractivity contribution in [3.63, 3.8) is 0 Å². The summed E-state index contributed by atoms with van der Waals surface area (Å²) in [6.45, 7) is 4.11. The lowest BCUT2D eigenvalue weighted by molar-refractivity contribution is -0.121. The molecule has 1 aromatic heterocycles. The van der Waals surface area contributed by atoms with Crippen LogP contribution in [0.15, 0.2) is 48.7 Å². The van der Waals surface area contributed by atoms with Gasteiger partial charge in [0, 0.05) is 38.1 Å². The molecule has 0 radical (unpaired) electrons. The fourth-order valence-corrected chi connectivity index (χ4v) is 3.82. The molecule has 0 saturated carbocycles. The van der Waals surface area contributed by atoms with E-state index in [1.807, 2.05) is 42.5 Å². The highest BCUT2D eigenvalue weighted by Gasteiger charge is 2.29. The molecule has 7 nitrogen and oxygen atoms in total. The number of rotatable bonds is 4. The maximum Gasteiger partial charge on any atom is 0.255 e. The predicted molar refractivity (Wildman–Crippen MR) is 111 cm³/mol. The van der Waals surface area contributed by atoms with Crippen molar-refractivity contribution in [2.75, 3.05) is 49.6 Å². The molecule has 1 aromatic carbocycles. The Kier molecular flexibility index (Phi) is 6.05. The second kappa shape index (κ2) is 9.05. The van der Waals surface area contributed by atoms with Crippen LogP contribution < -0.4 is 10.2 Å². The highest BCUT2D eigenvalue weighted by molar-refractivity contribution is 5.96. The molecule has 7 heteroatoms. The summed E-state index contributed by atoms with van der Waals surface area (Å²) >= 11 is 0. The third-order valence-electron chi connectivity index (χ3n) is 5.45. The number of hydrogen-bond acceptors (Lipinski definition) is 5. The van der Waals surface area contributed by atoms with Crippen LogP contribution in [0.4, 0.5) is 11.5 Å². The Morgan fingerprint density at radius 1 is 1.03 bits per heavy atom. The van der Waals surface area contributed by atoms with Crippen molar-refractivity contribution in [3.8, 4) is 0 Å². The molecule has 1 N–H and O–H groups in total. The highest BCUT2D eigenvalue weighted by Crippen LogP contribution is 2.21. The topological polar surface area (TPSA) is 74.8 Å². The summed E-state index contributed by atoms with van der Waals surface area (Å²) < 4.78 is 5.37. The van der Waals surface area contributed by atoms with E-state index in [1.54, 1.807) is 11.1 Å². The van der Waals surface area contributed by atoms with Crippen LogP contribution in [0.2, 0.25) is 0 Å². The second-order valence-electron chi connectivity index (χ2n) is 7.45. The van der Waals surface area contributed by atoms with Crippen LogP contribution in [0.25, 0.3) is 0 Å². The van der Waals surface area contributed by atoms with Crippen LogP contribution in [0.1, 0.15) is 23.2 Å². The lowest BCUT2D eigenvalue weighted by Crippen LogP contribution is -2.43. The minimum atomic E-state index is -0.200. The van der Waals surface area contributed by atoms with Gasteiger partial charge in [-0.15, -0.1) is 0 Å². The molecule has 2 saturated heterocycles. The van der Waals surface area contributed by atoms with Gasteiger partial charge in [0.1, 0.15) is 5.82 Å². The molecule has 2 fully saturated rings. The number of nitrogens with one attached hydrogen (secondary N) is 1. The molecular weight excluding hydrogens is 368 g/mol. The van der Waals surface area contributed by atoms with Crippen molar-refractivity contribution in [1.29, 1.82) is 0 Å². The molecular formula is C22H26N4O3. The number of amides is 2. The van der Waals surface area contributed by atoms with Gasteiger partial charge >= 0.3 is 0 Å². The summed E-state index contributed by atoms with van der Waals surface area (Å²) in [7, 11) is 0. The van der Waals surface area contributed by atoms with E-state index in [0.29, 0.717) is 31.9 Å². The first-order chi connectivity index (χ1) is 14.2. The van der Waals surface area contributed by atoms with Crippen LogP contribution in [-0.2, 0) is 9.53 Å². The number of hydrogen-bond donors (Lipinski definition) is 1. The number of pyridine rings is 1. The van der Waals surface area contributed by atoms with Crippen molar-refractivity contribution < 1.29 is 14.3 Å². The Morgan fingerprint density at radius 2 is 1.83 bits per heavy atom. The van der Waals surface area contributed by atoms with E-state index in [2.05, 4.69) is 15.2 Å². The third-order valence-corrected chi connectivity index (χ3v) is 5.45. The molecule has 1 atom stereocenters. The van der Waals surface area contributed by atoms with E-state index in [-0.39, 0.29) is 17.7 Å². The average Bonchev–Trinajstić information content (AvgIpc) is 2.80. The molecule has 4 rings (SSSR count). The van der Waals surface area contributed by atoms with E-state index in [0.717, 1.165) is 37.4 Å². The number of benzene rings is 1. The van der Waals surface area contributed by atoms with Gasteiger partial charge in [-0.2, -0.15) is 0 Å². The van der Waals surface area contributed by atoms with Crippen molar-refractivity contribution >= 4 is 23.3 Å². The van der Waals surface area contributed by atoms with Crippen molar-refractivity contribution in [2.24, 2.45) is 5.92 Å². The molecule has 2 amide bonds. The number of likely N-dealkylation sites (tertiary alicyclic amines) is 1. The average molecular weight is 394 g/mol. The van der Waals surface area contributed by atoms with Gasteiger partial charge in [-0.05, 0) is 37.1 Å². The van der Waals surface area contributed by atoms with Gasteiger partial charge in [-0.25, -0.2) is 4.98 Å². The van der Waals surface area contributed by atoms with E-state index in [1.165, 1.54) is 0 Å². The number of ether oxygens (including phenoxy) is 1. The Balaban J connectivity index is 1.37. The largest absolute Gasteiger partial charge is 0.378 e. The first kappa shape index (κ1) is 19.4. The fraction of sp³-hybridized carbons (Fsp3) is 0.409. The highest BCUT2D eigenvalue weighted by atomic mass is 16.5. The lowest BCUT2D eigenvalue weighted by atomic mass is 9.96. The predicted octanol–water partition coefficient (Wildman–Crippen LogP) is 2.41. The smallest absolute Gasteiger partial charge is 0.255 e. The van der Waals surface area contributed by atoms with Gasteiger partial charge in [-0.1, -0.05) is 18.2 Å². The number of carbonyl (C=O) groups excluding carboxylic acids is 2. The molecule has 29 heavy (non-hydrogen) atoms. The zero-order valence-electron chi connectivity index (χ0n) is 16.4. The maximum atomic E-state index is 12.9. The number of para-hydroxylation sites is 1. The van der Waals surface area contributed by atoms with Gasteiger partial charge in [0.05, 0.1) is 24.7 Å². The molecule has 2 aliphatic rings. The molecule has 152 valence electrons. The van der Waals surface area contributed by atoms with Crippen LogP contribution >= 0.6 is 0 Å². The Hall–Kier alpha value is -2.93. The van der Waals surface area contributed by atoms with Gasteiger partial charge in [0.25, 0.3) is 5.91 Å². The molecule has 0 bridgehead atoms. The summed E-state index contributed by atoms with van der Waals surface area (Å²) in [4.78, 5) is 33.9. The van der Waals surface area contributed by atoms with Gasteiger partial charge in [0.2, 0.25) is 5.91 Å². The molecule has 1 unspecified atom stereocenters. The van der Waals surface area contributed by atoms with Gasteiger partial charge < -0.3 is 19.9 Å². The van der Waals surface area contributed by atoms with Gasteiger partial charge in [0.15, 0.2) is 0 Å². The first-order valence-electron chi connectivity index (χ1n) is 10.1. The maximum absolute atomic E-state index is 12.9. The fourth-order valence-electron chi connectivity index (χ4n) is 3.82. The van der Waals surface area contributed by atoms with Crippen LogP contribution in [0, 0.1) is 5.92 Å². The second-order valence-corrected chi connectivity index (χ2v) is 7.45. The SMILES string of the molecule is O=C(Nc1ccccc1)C1CCCN(C(=O)c2ccc(N3CCOCC3)nc2)C1. The van der Waals surface area contributed by atoms with E-state index < -0.39 is 0 Å². The van der Waals surface area contributed by atoms with E-state index in [9.17, 15) is 9.59 Å². The van der Waals surface area contributed by atoms with Gasteiger partial charge in [-0.3, -0.25) is 9.59 Å². The summed E-state index contributed by atoms with van der Waals surface area (Å²) in [6.07, 6.45) is 3.25.